The number of benzene rings is 1. The fraction of sp³-hybridized carbons (Fsp3) is 0.500. The largest absolute Gasteiger partial charge is 0.508 e. The van der Waals surface area contributed by atoms with Crippen LogP contribution in [0.5, 0.6) is 5.75 Å². The molecular formula is C14H21NO3. The van der Waals surface area contributed by atoms with E-state index < -0.39 is 11.5 Å². The van der Waals surface area contributed by atoms with Crippen LogP contribution in [0.3, 0.4) is 0 Å². The van der Waals surface area contributed by atoms with Gasteiger partial charge in [0.1, 0.15) is 5.75 Å². The third-order valence-corrected chi connectivity index (χ3v) is 3.38. The Balaban J connectivity index is 3.27. The van der Waals surface area contributed by atoms with Gasteiger partial charge < -0.3 is 15.6 Å². The lowest BCUT2D eigenvalue weighted by atomic mass is 9.78. The van der Waals surface area contributed by atoms with E-state index in [9.17, 15) is 9.90 Å². The second kappa shape index (κ2) is 4.98. The van der Waals surface area contributed by atoms with E-state index in [-0.39, 0.29) is 11.7 Å². The Morgan fingerprint density at radius 1 is 1.33 bits per heavy atom. The quantitative estimate of drug-likeness (QED) is 0.808. The maximum absolute atomic E-state index is 11.8. The number of esters is 1. The smallest absolute Gasteiger partial charge is 0.313 e. The normalized spacial score (nSPS) is 13.2. The highest BCUT2D eigenvalue weighted by molar-refractivity contribution is 5.77. The highest BCUT2D eigenvalue weighted by Crippen LogP contribution is 2.36. The maximum Gasteiger partial charge on any atom is 0.313 e. The minimum Gasteiger partial charge on any atom is -0.508 e. The molecule has 0 saturated heterocycles. The van der Waals surface area contributed by atoms with Crippen LogP contribution in [0.15, 0.2) is 12.1 Å². The molecule has 0 fully saturated rings. The van der Waals surface area contributed by atoms with E-state index in [1.807, 2.05) is 13.8 Å². The van der Waals surface area contributed by atoms with Crippen LogP contribution < -0.4 is 5.73 Å². The van der Waals surface area contributed by atoms with E-state index in [2.05, 4.69) is 0 Å². The summed E-state index contributed by atoms with van der Waals surface area (Å²) in [6.07, 6.45) is 0. The molecule has 3 N–H and O–H groups in total. The Bertz CT molecular complexity index is 443. The summed E-state index contributed by atoms with van der Waals surface area (Å²) in [4.78, 5) is 11.8. The third kappa shape index (κ3) is 2.48. The highest BCUT2D eigenvalue weighted by atomic mass is 16.5. The third-order valence-electron chi connectivity index (χ3n) is 3.38. The molecule has 0 aliphatic carbocycles. The number of carbonyl (C=O) groups is 1. The summed E-state index contributed by atoms with van der Waals surface area (Å²) in [7, 11) is 1.35. The molecular weight excluding hydrogens is 230 g/mol. The monoisotopic (exact) mass is 251 g/mol. The van der Waals surface area contributed by atoms with Crippen molar-refractivity contribution in [3.63, 3.8) is 0 Å². The summed E-state index contributed by atoms with van der Waals surface area (Å²) in [6, 6.07) is 2.82. The molecule has 4 nitrogen and oxygen atoms in total. The first-order valence-corrected chi connectivity index (χ1v) is 5.86. The zero-order chi connectivity index (χ0) is 14.1. The Labute approximate surface area is 108 Å². The topological polar surface area (TPSA) is 72.5 Å². The first-order chi connectivity index (χ1) is 8.21. The van der Waals surface area contributed by atoms with Gasteiger partial charge in [-0.05, 0) is 56.5 Å². The van der Waals surface area contributed by atoms with E-state index in [1.54, 1.807) is 26.0 Å². The van der Waals surface area contributed by atoms with Gasteiger partial charge in [-0.15, -0.1) is 0 Å². The number of carbonyl (C=O) groups excluding carboxylic acids is 1. The van der Waals surface area contributed by atoms with Gasteiger partial charge >= 0.3 is 5.97 Å². The molecule has 0 amide bonds. The van der Waals surface area contributed by atoms with Crippen molar-refractivity contribution in [1.29, 1.82) is 0 Å². The number of ether oxygens (including phenoxy) is 1. The molecule has 0 aliphatic rings. The van der Waals surface area contributed by atoms with Gasteiger partial charge in [0, 0.05) is 6.04 Å². The number of hydrogen-bond donors (Lipinski definition) is 2. The van der Waals surface area contributed by atoms with Crippen LogP contribution in [-0.4, -0.2) is 18.2 Å². The lowest BCUT2D eigenvalue weighted by Crippen LogP contribution is -2.38. The predicted molar refractivity (Wildman–Crippen MR) is 70.3 cm³/mol. The highest BCUT2D eigenvalue weighted by Gasteiger charge is 2.37. The Hall–Kier alpha value is -1.55. The van der Waals surface area contributed by atoms with Crippen molar-refractivity contribution in [2.45, 2.75) is 33.7 Å². The van der Waals surface area contributed by atoms with Gasteiger partial charge in [-0.25, -0.2) is 0 Å². The molecule has 1 rings (SSSR count). The SMILES string of the molecule is COC(=O)C(C)(C)[C@@H](N)c1c(C)cc(O)cc1C. The second-order valence-corrected chi connectivity index (χ2v) is 5.18. The van der Waals surface area contributed by atoms with E-state index >= 15 is 0 Å². The van der Waals surface area contributed by atoms with Crippen molar-refractivity contribution in [2.24, 2.45) is 11.1 Å². The molecule has 1 aromatic rings. The molecule has 0 bridgehead atoms. The van der Waals surface area contributed by atoms with Crippen LogP contribution in [-0.2, 0) is 9.53 Å². The van der Waals surface area contributed by atoms with Gasteiger partial charge in [-0.1, -0.05) is 0 Å². The van der Waals surface area contributed by atoms with E-state index in [0.29, 0.717) is 0 Å². The van der Waals surface area contributed by atoms with Crippen LogP contribution >= 0.6 is 0 Å². The summed E-state index contributed by atoms with van der Waals surface area (Å²) < 4.78 is 4.79. The number of hydrogen-bond acceptors (Lipinski definition) is 4. The summed E-state index contributed by atoms with van der Waals surface area (Å²) in [6.45, 7) is 7.26. The first kappa shape index (κ1) is 14.5. The van der Waals surface area contributed by atoms with Gasteiger partial charge in [0.2, 0.25) is 0 Å². The van der Waals surface area contributed by atoms with Crippen molar-refractivity contribution >= 4 is 5.97 Å². The Morgan fingerprint density at radius 3 is 2.17 bits per heavy atom. The summed E-state index contributed by atoms with van der Waals surface area (Å²) >= 11 is 0. The lowest BCUT2D eigenvalue weighted by Gasteiger charge is -2.31. The van der Waals surface area contributed by atoms with Gasteiger partial charge in [-0.3, -0.25) is 4.79 Å². The van der Waals surface area contributed by atoms with Crippen molar-refractivity contribution in [3.05, 3.63) is 28.8 Å². The number of methoxy groups -OCH3 is 1. The summed E-state index contributed by atoms with van der Waals surface area (Å²) in [5.41, 5.74) is 8.02. The van der Waals surface area contributed by atoms with E-state index in [0.717, 1.165) is 16.7 Å². The molecule has 1 aromatic carbocycles. The number of aromatic hydroxyl groups is 1. The van der Waals surface area contributed by atoms with Gasteiger partial charge in [-0.2, -0.15) is 0 Å². The van der Waals surface area contributed by atoms with E-state index in [4.69, 9.17) is 10.5 Å². The minimum absolute atomic E-state index is 0.205. The lowest BCUT2D eigenvalue weighted by molar-refractivity contribution is -0.152. The molecule has 100 valence electrons. The molecule has 0 heterocycles. The van der Waals surface area contributed by atoms with Crippen LogP contribution in [0, 0.1) is 19.3 Å². The van der Waals surface area contributed by atoms with Crippen LogP contribution in [0.4, 0.5) is 0 Å². The number of nitrogens with two attached hydrogens (primary N) is 1. The first-order valence-electron chi connectivity index (χ1n) is 5.86. The van der Waals surface area contributed by atoms with Gasteiger partial charge in [0.15, 0.2) is 0 Å². The molecule has 0 radical (unpaired) electrons. The molecule has 0 aliphatic heterocycles. The average Bonchev–Trinajstić information content (AvgIpc) is 2.26. The molecule has 0 saturated carbocycles. The standard InChI is InChI=1S/C14H21NO3/c1-8-6-10(16)7-9(2)11(8)12(15)14(3,4)13(17)18-5/h6-7,12,16H,15H2,1-5H3/t12-/m0/s1. The average molecular weight is 251 g/mol. The zero-order valence-electron chi connectivity index (χ0n) is 11.6. The van der Waals surface area contributed by atoms with Crippen molar-refractivity contribution < 1.29 is 14.6 Å². The zero-order valence-corrected chi connectivity index (χ0v) is 11.6. The predicted octanol–water partition coefficient (Wildman–Crippen LogP) is 2.21. The van der Waals surface area contributed by atoms with Crippen molar-refractivity contribution in [2.75, 3.05) is 7.11 Å². The number of rotatable bonds is 3. The Kier molecular flexibility index (Phi) is 4.02. The molecule has 0 unspecified atom stereocenters. The maximum atomic E-state index is 11.8. The molecule has 4 heteroatoms. The van der Waals surface area contributed by atoms with E-state index in [1.165, 1.54) is 7.11 Å². The van der Waals surface area contributed by atoms with Gasteiger partial charge in [0.25, 0.3) is 0 Å². The summed E-state index contributed by atoms with van der Waals surface area (Å²) in [5, 5.41) is 9.53. The van der Waals surface area contributed by atoms with Crippen LogP contribution in [0.1, 0.15) is 36.6 Å². The Morgan fingerprint density at radius 2 is 1.78 bits per heavy atom. The molecule has 18 heavy (non-hydrogen) atoms. The molecule has 0 aromatic heterocycles. The minimum atomic E-state index is -0.818. The number of phenolic OH excluding ortho intramolecular Hbond substituents is 1. The second-order valence-electron chi connectivity index (χ2n) is 5.18. The number of phenols is 1. The fourth-order valence-electron chi connectivity index (χ4n) is 2.19. The van der Waals surface area contributed by atoms with Crippen molar-refractivity contribution in [3.8, 4) is 5.75 Å². The summed E-state index contributed by atoms with van der Waals surface area (Å²) in [5.74, 6) is -0.140. The van der Waals surface area contributed by atoms with Gasteiger partial charge in [0.05, 0.1) is 12.5 Å². The number of aryl methyl sites for hydroxylation is 2. The van der Waals surface area contributed by atoms with Crippen LogP contribution in [0.25, 0.3) is 0 Å². The van der Waals surface area contributed by atoms with Crippen molar-refractivity contribution in [1.82, 2.24) is 0 Å². The fourth-order valence-corrected chi connectivity index (χ4v) is 2.19. The van der Waals surface area contributed by atoms with Crippen LogP contribution in [0.2, 0.25) is 0 Å². The molecule has 0 spiro atoms. The molecule has 1 atom stereocenters.